The van der Waals surface area contributed by atoms with Crippen molar-refractivity contribution in [2.75, 3.05) is 0 Å². The lowest BCUT2D eigenvalue weighted by Gasteiger charge is -2.07. The summed E-state index contributed by atoms with van der Waals surface area (Å²) in [6.45, 7) is 3.96. The van der Waals surface area contributed by atoms with E-state index in [1.807, 2.05) is 0 Å². The molecule has 0 aliphatic heterocycles. The molecule has 0 spiro atoms. The molecule has 0 fully saturated rings. The highest BCUT2D eigenvalue weighted by molar-refractivity contribution is 5.68. The standard InChI is InChI=1S/C9H11N5O2/c1-2-5(10)3-14-4-11-6-7(14)12-9(16)13-8(6)15/h2,4-5H,1,3,10H2,(H2,12,13,15,16). The number of hydrogen-bond donors (Lipinski definition) is 3. The lowest BCUT2D eigenvalue weighted by molar-refractivity contribution is 0.640. The monoisotopic (exact) mass is 221 g/mol. The lowest BCUT2D eigenvalue weighted by atomic mass is 10.3. The second-order valence-electron chi connectivity index (χ2n) is 3.40. The number of nitrogens with one attached hydrogen (secondary N) is 2. The SMILES string of the molecule is C=CC(N)Cn1cnc2c(=O)[nH]c(=O)[nH]c21. The van der Waals surface area contributed by atoms with Crippen LogP contribution >= 0.6 is 0 Å². The van der Waals surface area contributed by atoms with Crippen molar-refractivity contribution in [1.29, 1.82) is 0 Å². The van der Waals surface area contributed by atoms with Gasteiger partial charge < -0.3 is 10.3 Å². The summed E-state index contributed by atoms with van der Waals surface area (Å²) in [5.74, 6) is 0. The highest BCUT2D eigenvalue weighted by Crippen LogP contribution is 2.03. The van der Waals surface area contributed by atoms with Gasteiger partial charge in [-0.1, -0.05) is 6.08 Å². The Morgan fingerprint density at radius 3 is 3.00 bits per heavy atom. The molecule has 0 aromatic carbocycles. The molecule has 2 rings (SSSR count). The van der Waals surface area contributed by atoms with E-state index in [9.17, 15) is 9.59 Å². The van der Waals surface area contributed by atoms with Crippen molar-refractivity contribution in [2.45, 2.75) is 12.6 Å². The van der Waals surface area contributed by atoms with Gasteiger partial charge in [-0.15, -0.1) is 6.58 Å². The molecule has 16 heavy (non-hydrogen) atoms. The van der Waals surface area contributed by atoms with Gasteiger partial charge in [-0.3, -0.25) is 14.8 Å². The van der Waals surface area contributed by atoms with Gasteiger partial charge in [-0.25, -0.2) is 9.78 Å². The maximum atomic E-state index is 11.4. The van der Waals surface area contributed by atoms with Gasteiger partial charge in [0.1, 0.15) is 5.65 Å². The summed E-state index contributed by atoms with van der Waals surface area (Å²) < 4.78 is 1.61. The molecule has 0 amide bonds. The molecule has 7 heteroatoms. The minimum Gasteiger partial charge on any atom is -0.323 e. The van der Waals surface area contributed by atoms with Crippen LogP contribution in [-0.4, -0.2) is 25.6 Å². The molecule has 7 nitrogen and oxygen atoms in total. The predicted octanol–water partition coefficient (Wildman–Crippen LogP) is -1.07. The van der Waals surface area contributed by atoms with E-state index in [0.717, 1.165) is 0 Å². The maximum absolute atomic E-state index is 11.4. The van der Waals surface area contributed by atoms with E-state index in [2.05, 4.69) is 21.5 Å². The van der Waals surface area contributed by atoms with E-state index in [1.54, 1.807) is 10.6 Å². The highest BCUT2D eigenvalue weighted by Gasteiger charge is 2.08. The Balaban J connectivity index is 2.60. The van der Waals surface area contributed by atoms with Crippen LogP contribution in [0.2, 0.25) is 0 Å². The molecule has 84 valence electrons. The van der Waals surface area contributed by atoms with E-state index < -0.39 is 11.2 Å². The summed E-state index contributed by atoms with van der Waals surface area (Å²) in [4.78, 5) is 31.0. The third-order valence-corrected chi connectivity index (χ3v) is 2.22. The molecule has 2 aromatic rings. The van der Waals surface area contributed by atoms with E-state index in [1.165, 1.54) is 6.33 Å². The molecule has 0 saturated carbocycles. The molecule has 2 aromatic heterocycles. The van der Waals surface area contributed by atoms with E-state index in [-0.39, 0.29) is 11.6 Å². The van der Waals surface area contributed by atoms with Crippen molar-refractivity contribution in [3.8, 4) is 0 Å². The van der Waals surface area contributed by atoms with Crippen molar-refractivity contribution in [3.05, 3.63) is 39.8 Å². The number of nitrogens with two attached hydrogens (primary N) is 1. The molecule has 1 atom stereocenters. The minimum atomic E-state index is -0.563. The molecule has 4 N–H and O–H groups in total. The van der Waals surface area contributed by atoms with E-state index in [4.69, 9.17) is 5.73 Å². The summed E-state index contributed by atoms with van der Waals surface area (Å²) in [5, 5.41) is 0. The first-order valence-corrected chi connectivity index (χ1v) is 4.67. The number of imidazole rings is 1. The van der Waals surface area contributed by atoms with Gasteiger partial charge in [0.15, 0.2) is 5.52 Å². The third kappa shape index (κ3) is 1.68. The molecule has 0 aliphatic rings. The number of aromatic nitrogens is 4. The Kier molecular flexibility index (Phi) is 2.45. The van der Waals surface area contributed by atoms with E-state index >= 15 is 0 Å². The van der Waals surface area contributed by atoms with Gasteiger partial charge in [0.05, 0.1) is 6.33 Å². The minimum absolute atomic E-state index is 0.191. The predicted molar refractivity (Wildman–Crippen MR) is 59.1 cm³/mol. The Bertz CT molecular complexity index is 635. The van der Waals surface area contributed by atoms with Crippen LogP contribution in [0.4, 0.5) is 0 Å². The third-order valence-electron chi connectivity index (χ3n) is 2.22. The molecular weight excluding hydrogens is 210 g/mol. The van der Waals surface area contributed by atoms with Crippen LogP contribution in [0, 0.1) is 0 Å². The molecule has 0 bridgehead atoms. The van der Waals surface area contributed by atoms with Crippen LogP contribution in [-0.2, 0) is 6.54 Å². The van der Waals surface area contributed by atoms with Crippen LogP contribution in [0.15, 0.2) is 28.6 Å². The molecule has 1 unspecified atom stereocenters. The molecular formula is C9H11N5O2. The van der Waals surface area contributed by atoms with Crippen LogP contribution < -0.4 is 17.0 Å². The van der Waals surface area contributed by atoms with Gasteiger partial charge >= 0.3 is 5.69 Å². The van der Waals surface area contributed by atoms with Gasteiger partial charge in [-0.2, -0.15) is 0 Å². The average Bonchev–Trinajstić information content (AvgIpc) is 2.61. The number of aromatic amines is 2. The van der Waals surface area contributed by atoms with Crippen molar-refractivity contribution < 1.29 is 0 Å². The molecule has 0 aliphatic carbocycles. The largest absolute Gasteiger partial charge is 0.327 e. The fourth-order valence-corrected chi connectivity index (χ4v) is 1.42. The summed E-state index contributed by atoms with van der Waals surface area (Å²) in [6, 6.07) is -0.264. The van der Waals surface area contributed by atoms with Crippen molar-refractivity contribution in [2.24, 2.45) is 5.73 Å². The summed E-state index contributed by atoms with van der Waals surface area (Å²) in [5.41, 5.74) is 5.17. The zero-order valence-electron chi connectivity index (χ0n) is 8.43. The second kappa shape index (κ2) is 3.78. The molecule has 0 radical (unpaired) electrons. The summed E-state index contributed by atoms with van der Waals surface area (Å²) >= 11 is 0. The first-order chi connectivity index (χ1) is 7.61. The Labute approximate surface area is 89.6 Å². The zero-order valence-corrected chi connectivity index (χ0v) is 8.43. The molecule has 0 saturated heterocycles. The fourth-order valence-electron chi connectivity index (χ4n) is 1.42. The Morgan fingerprint density at radius 2 is 2.31 bits per heavy atom. The number of H-pyrrole nitrogens is 2. The topological polar surface area (TPSA) is 110 Å². The lowest BCUT2D eigenvalue weighted by Crippen LogP contribution is -2.26. The first-order valence-electron chi connectivity index (χ1n) is 4.67. The second-order valence-corrected chi connectivity index (χ2v) is 3.40. The summed E-state index contributed by atoms with van der Waals surface area (Å²) in [6.07, 6.45) is 3.04. The Hall–Kier alpha value is -2.15. The first kappa shape index (κ1) is 10.4. The highest BCUT2D eigenvalue weighted by atomic mass is 16.2. The van der Waals surface area contributed by atoms with Gasteiger partial charge in [-0.05, 0) is 0 Å². The Morgan fingerprint density at radius 1 is 1.56 bits per heavy atom. The average molecular weight is 221 g/mol. The van der Waals surface area contributed by atoms with Crippen LogP contribution in [0.3, 0.4) is 0 Å². The van der Waals surface area contributed by atoms with Gasteiger partial charge in [0.25, 0.3) is 5.56 Å². The van der Waals surface area contributed by atoms with Crippen LogP contribution in [0.5, 0.6) is 0 Å². The van der Waals surface area contributed by atoms with Gasteiger partial charge in [0.2, 0.25) is 0 Å². The quantitative estimate of drug-likeness (QED) is 0.573. The zero-order chi connectivity index (χ0) is 11.7. The van der Waals surface area contributed by atoms with Gasteiger partial charge in [0, 0.05) is 12.6 Å². The number of hydrogen-bond acceptors (Lipinski definition) is 4. The fraction of sp³-hybridized carbons (Fsp3) is 0.222. The van der Waals surface area contributed by atoms with Crippen molar-refractivity contribution in [3.63, 3.8) is 0 Å². The van der Waals surface area contributed by atoms with Crippen molar-refractivity contribution in [1.82, 2.24) is 19.5 Å². The number of rotatable bonds is 3. The normalized spacial score (nSPS) is 12.8. The maximum Gasteiger partial charge on any atom is 0.327 e. The van der Waals surface area contributed by atoms with Crippen molar-refractivity contribution >= 4 is 11.2 Å². The smallest absolute Gasteiger partial charge is 0.323 e. The van der Waals surface area contributed by atoms with E-state index in [0.29, 0.717) is 12.2 Å². The number of fused-ring (bicyclic) bond motifs is 1. The summed E-state index contributed by atoms with van der Waals surface area (Å²) in [7, 11) is 0. The molecule has 2 heterocycles. The van der Waals surface area contributed by atoms with Crippen LogP contribution in [0.1, 0.15) is 0 Å². The van der Waals surface area contributed by atoms with Crippen LogP contribution in [0.25, 0.3) is 11.2 Å². The number of nitrogens with zero attached hydrogens (tertiary/aromatic N) is 2.